The molecule has 20 heavy (non-hydrogen) atoms. The van der Waals surface area contributed by atoms with E-state index < -0.39 is 0 Å². The maximum absolute atomic E-state index is 13.3. The third kappa shape index (κ3) is 4.03. The average molecular weight is 278 g/mol. The second-order valence-electron chi connectivity index (χ2n) is 5.09. The first-order valence-electron chi connectivity index (χ1n) is 6.56. The van der Waals surface area contributed by atoms with Crippen molar-refractivity contribution in [3.8, 4) is 11.6 Å². The van der Waals surface area contributed by atoms with Crippen molar-refractivity contribution in [1.29, 1.82) is 0 Å². The Morgan fingerprint density at radius 2 is 2.20 bits per heavy atom. The summed E-state index contributed by atoms with van der Waals surface area (Å²) in [4.78, 5) is 4.01. The van der Waals surface area contributed by atoms with E-state index in [0.29, 0.717) is 29.7 Å². The van der Waals surface area contributed by atoms with Gasteiger partial charge >= 0.3 is 0 Å². The fourth-order valence-electron chi connectivity index (χ4n) is 1.75. The van der Waals surface area contributed by atoms with E-state index in [1.165, 1.54) is 6.07 Å². The SMILES string of the molecule is CC(C)CNCc1cc(F)cnc1Oc1cnn(C)c1. The maximum atomic E-state index is 13.3. The lowest BCUT2D eigenvalue weighted by molar-refractivity contribution is 0.445. The average Bonchev–Trinajstić information content (AvgIpc) is 2.78. The lowest BCUT2D eigenvalue weighted by Crippen LogP contribution is -2.19. The van der Waals surface area contributed by atoms with Crippen LogP contribution in [0.1, 0.15) is 19.4 Å². The summed E-state index contributed by atoms with van der Waals surface area (Å²) in [6, 6.07) is 1.44. The molecule has 0 saturated carbocycles. The molecule has 2 aromatic heterocycles. The molecule has 2 rings (SSSR count). The zero-order chi connectivity index (χ0) is 14.5. The van der Waals surface area contributed by atoms with Crippen LogP contribution in [0.2, 0.25) is 0 Å². The molecule has 5 nitrogen and oxygen atoms in total. The van der Waals surface area contributed by atoms with Gasteiger partial charge in [0.05, 0.1) is 18.6 Å². The standard InChI is InChI=1S/C14H19FN4O/c1-10(2)5-16-6-11-4-12(15)7-17-14(11)20-13-8-18-19(3)9-13/h4,7-10,16H,5-6H2,1-3H3. The van der Waals surface area contributed by atoms with Crippen molar-refractivity contribution in [2.45, 2.75) is 20.4 Å². The smallest absolute Gasteiger partial charge is 0.224 e. The molecule has 6 heteroatoms. The molecule has 108 valence electrons. The summed E-state index contributed by atoms with van der Waals surface area (Å²) in [5.74, 6) is 1.14. The van der Waals surface area contributed by atoms with Crippen molar-refractivity contribution in [3.63, 3.8) is 0 Å². The highest BCUT2D eigenvalue weighted by Crippen LogP contribution is 2.23. The Labute approximate surface area is 117 Å². The van der Waals surface area contributed by atoms with Crippen molar-refractivity contribution in [2.75, 3.05) is 6.54 Å². The van der Waals surface area contributed by atoms with Crippen LogP contribution in [0.25, 0.3) is 0 Å². The monoisotopic (exact) mass is 278 g/mol. The molecule has 0 aromatic carbocycles. The number of nitrogens with one attached hydrogen (secondary N) is 1. The summed E-state index contributed by atoms with van der Waals surface area (Å²) >= 11 is 0. The van der Waals surface area contributed by atoms with Gasteiger partial charge in [-0.15, -0.1) is 0 Å². The van der Waals surface area contributed by atoms with Crippen molar-refractivity contribution < 1.29 is 9.13 Å². The van der Waals surface area contributed by atoms with Gasteiger partial charge in [-0.05, 0) is 18.5 Å². The van der Waals surface area contributed by atoms with E-state index >= 15 is 0 Å². The minimum absolute atomic E-state index is 0.370. The summed E-state index contributed by atoms with van der Waals surface area (Å²) in [6.45, 7) is 5.59. The summed E-state index contributed by atoms with van der Waals surface area (Å²) in [6.07, 6.45) is 4.48. The highest BCUT2D eigenvalue weighted by molar-refractivity contribution is 5.30. The van der Waals surface area contributed by atoms with Gasteiger partial charge in [-0.2, -0.15) is 5.10 Å². The Hall–Kier alpha value is -1.95. The molecular formula is C14H19FN4O. The first-order chi connectivity index (χ1) is 9.54. The van der Waals surface area contributed by atoms with Crippen LogP contribution in [-0.4, -0.2) is 21.3 Å². The van der Waals surface area contributed by atoms with E-state index in [9.17, 15) is 4.39 Å². The molecule has 2 aromatic rings. The van der Waals surface area contributed by atoms with Crippen LogP contribution in [0.3, 0.4) is 0 Å². The van der Waals surface area contributed by atoms with E-state index in [2.05, 4.69) is 29.2 Å². The Balaban J connectivity index is 2.10. The Morgan fingerprint density at radius 1 is 1.40 bits per heavy atom. The second-order valence-corrected chi connectivity index (χ2v) is 5.09. The van der Waals surface area contributed by atoms with Gasteiger partial charge in [-0.1, -0.05) is 13.8 Å². The molecule has 0 unspecified atom stereocenters. The fraction of sp³-hybridized carbons (Fsp3) is 0.429. The second kappa shape index (κ2) is 6.47. The van der Waals surface area contributed by atoms with Gasteiger partial charge in [0.1, 0.15) is 5.82 Å². The summed E-state index contributed by atoms with van der Waals surface area (Å²) in [5, 5.41) is 7.27. The molecule has 1 N–H and O–H groups in total. The molecule has 2 heterocycles. The summed E-state index contributed by atoms with van der Waals surface area (Å²) in [7, 11) is 1.80. The summed E-state index contributed by atoms with van der Waals surface area (Å²) < 4.78 is 20.6. The van der Waals surface area contributed by atoms with Gasteiger partial charge in [-0.3, -0.25) is 4.68 Å². The van der Waals surface area contributed by atoms with Gasteiger partial charge in [-0.25, -0.2) is 9.37 Å². The van der Waals surface area contributed by atoms with Crippen molar-refractivity contribution in [2.24, 2.45) is 13.0 Å². The largest absolute Gasteiger partial charge is 0.435 e. The quantitative estimate of drug-likeness (QED) is 0.882. The molecule has 0 spiro atoms. The van der Waals surface area contributed by atoms with E-state index in [1.54, 1.807) is 24.1 Å². The molecule has 0 aliphatic rings. The Bertz CT molecular complexity index is 568. The van der Waals surface area contributed by atoms with Crippen LogP contribution >= 0.6 is 0 Å². The lowest BCUT2D eigenvalue weighted by Gasteiger charge is -2.11. The molecule has 0 aliphatic carbocycles. The number of nitrogens with zero attached hydrogens (tertiary/aromatic N) is 3. The third-order valence-electron chi connectivity index (χ3n) is 2.66. The molecule has 0 radical (unpaired) electrons. The molecular weight excluding hydrogens is 259 g/mol. The van der Waals surface area contributed by atoms with Gasteiger partial charge in [0.25, 0.3) is 0 Å². The van der Waals surface area contributed by atoms with Crippen molar-refractivity contribution in [3.05, 3.63) is 36.0 Å². The van der Waals surface area contributed by atoms with Gasteiger partial charge in [0, 0.05) is 19.2 Å². The lowest BCUT2D eigenvalue weighted by atomic mass is 10.2. The number of halogens is 1. The van der Waals surface area contributed by atoms with Crippen LogP contribution in [0, 0.1) is 11.7 Å². The molecule has 0 saturated heterocycles. The van der Waals surface area contributed by atoms with E-state index in [0.717, 1.165) is 12.7 Å². The topological polar surface area (TPSA) is 52.0 Å². The van der Waals surface area contributed by atoms with Crippen molar-refractivity contribution in [1.82, 2.24) is 20.1 Å². The van der Waals surface area contributed by atoms with Gasteiger partial charge in [0.2, 0.25) is 5.88 Å². The molecule has 0 amide bonds. The number of rotatable bonds is 6. The molecule has 0 bridgehead atoms. The number of hydrogen-bond acceptors (Lipinski definition) is 4. The van der Waals surface area contributed by atoms with Crippen LogP contribution in [0.4, 0.5) is 4.39 Å². The highest BCUT2D eigenvalue weighted by atomic mass is 19.1. The Kier molecular flexibility index (Phi) is 4.68. The van der Waals surface area contributed by atoms with Crippen LogP contribution < -0.4 is 10.1 Å². The number of pyridine rings is 1. The zero-order valence-corrected chi connectivity index (χ0v) is 11.9. The third-order valence-corrected chi connectivity index (χ3v) is 2.66. The van der Waals surface area contributed by atoms with Gasteiger partial charge in [0.15, 0.2) is 5.75 Å². The first kappa shape index (κ1) is 14.5. The summed E-state index contributed by atoms with van der Waals surface area (Å²) in [5.41, 5.74) is 0.689. The normalized spacial score (nSPS) is 11.1. The minimum Gasteiger partial charge on any atom is -0.435 e. The molecule has 0 atom stereocenters. The van der Waals surface area contributed by atoms with Crippen LogP contribution in [0.5, 0.6) is 11.6 Å². The highest BCUT2D eigenvalue weighted by Gasteiger charge is 2.09. The predicted octanol–water partition coefficient (Wildman–Crippen LogP) is 2.49. The fourth-order valence-corrected chi connectivity index (χ4v) is 1.75. The molecule has 0 aliphatic heterocycles. The maximum Gasteiger partial charge on any atom is 0.224 e. The first-order valence-corrected chi connectivity index (χ1v) is 6.56. The van der Waals surface area contributed by atoms with E-state index in [4.69, 9.17) is 4.74 Å². The number of ether oxygens (including phenoxy) is 1. The van der Waals surface area contributed by atoms with Crippen molar-refractivity contribution >= 4 is 0 Å². The number of aromatic nitrogens is 3. The Morgan fingerprint density at radius 3 is 2.85 bits per heavy atom. The molecule has 0 fully saturated rings. The van der Waals surface area contributed by atoms with Crippen LogP contribution in [0.15, 0.2) is 24.7 Å². The number of aryl methyl sites for hydroxylation is 1. The number of hydrogen-bond donors (Lipinski definition) is 1. The van der Waals surface area contributed by atoms with E-state index in [-0.39, 0.29) is 5.82 Å². The predicted molar refractivity (Wildman–Crippen MR) is 74.0 cm³/mol. The minimum atomic E-state index is -0.370. The van der Waals surface area contributed by atoms with Crippen LogP contribution in [-0.2, 0) is 13.6 Å². The van der Waals surface area contributed by atoms with E-state index in [1.807, 2.05) is 0 Å². The van der Waals surface area contributed by atoms with Gasteiger partial charge < -0.3 is 10.1 Å². The zero-order valence-electron chi connectivity index (χ0n) is 11.9.